The number of benzene rings is 1. The molecule has 1 aromatic carbocycles. The van der Waals surface area contributed by atoms with E-state index in [2.05, 4.69) is 15.3 Å². The van der Waals surface area contributed by atoms with Crippen LogP contribution < -0.4 is 10.1 Å². The Bertz CT molecular complexity index is 1180. The van der Waals surface area contributed by atoms with Crippen LogP contribution in [-0.2, 0) is 11.8 Å². The van der Waals surface area contributed by atoms with Gasteiger partial charge in [-0.2, -0.15) is 13.2 Å². The summed E-state index contributed by atoms with van der Waals surface area (Å²) in [6.45, 7) is 5.39. The van der Waals surface area contributed by atoms with Gasteiger partial charge in [0.2, 0.25) is 0 Å². The van der Waals surface area contributed by atoms with E-state index < -0.39 is 29.8 Å². The lowest BCUT2D eigenvalue weighted by atomic mass is 9.79. The van der Waals surface area contributed by atoms with Gasteiger partial charge in [0.15, 0.2) is 0 Å². The number of hydrogen-bond acceptors (Lipinski definition) is 5. The lowest BCUT2D eigenvalue weighted by Crippen LogP contribution is -2.53. The maximum absolute atomic E-state index is 13.8. The molecule has 1 aliphatic rings. The molecule has 4 rings (SSSR count). The second-order valence-corrected chi connectivity index (χ2v) is 9.37. The molecule has 190 valence electrons. The molecule has 2 aromatic heterocycles. The number of halogens is 5. The Morgan fingerprint density at radius 3 is 2.54 bits per heavy atom. The zero-order valence-corrected chi connectivity index (χ0v) is 19.5. The minimum absolute atomic E-state index is 0.00150. The highest BCUT2D eigenvalue weighted by Crippen LogP contribution is 2.39. The molecule has 3 unspecified atom stereocenters. The van der Waals surface area contributed by atoms with Gasteiger partial charge >= 0.3 is 6.18 Å². The molecule has 0 spiro atoms. The monoisotopic (exact) mass is 498 g/mol. The molecule has 2 N–H and O–H groups in total. The molecule has 11 heteroatoms. The van der Waals surface area contributed by atoms with Gasteiger partial charge in [-0.25, -0.2) is 13.8 Å². The van der Waals surface area contributed by atoms with Crippen LogP contribution in [0.15, 0.2) is 36.8 Å². The molecule has 0 aliphatic carbocycles. The number of ether oxygens (including phenoxy) is 1. The van der Waals surface area contributed by atoms with Crippen LogP contribution in [0.5, 0.6) is 5.75 Å². The van der Waals surface area contributed by atoms with Gasteiger partial charge in [-0.3, -0.25) is 4.98 Å². The number of alkyl halides is 5. The van der Waals surface area contributed by atoms with E-state index in [0.717, 1.165) is 6.07 Å². The van der Waals surface area contributed by atoms with E-state index in [1.54, 1.807) is 13.8 Å². The van der Waals surface area contributed by atoms with Crippen molar-refractivity contribution in [3.8, 4) is 5.75 Å². The van der Waals surface area contributed by atoms with Crippen LogP contribution >= 0.6 is 0 Å². The quantitative estimate of drug-likeness (QED) is 0.447. The summed E-state index contributed by atoms with van der Waals surface area (Å²) in [5, 5.41) is 14.5. The van der Waals surface area contributed by atoms with Crippen molar-refractivity contribution in [3.05, 3.63) is 53.6 Å². The first-order valence-corrected chi connectivity index (χ1v) is 11.3. The van der Waals surface area contributed by atoms with E-state index in [1.807, 2.05) is 6.92 Å². The SMILES string of the molecule is CC1CC(O)(c2ccc(C(F)F)nc2)CC(COc2cc(C(F)(F)F)c3c(c2)ncn3C(C)C)N1. The average Bonchev–Trinajstić information content (AvgIpc) is 3.20. The predicted molar refractivity (Wildman–Crippen MR) is 119 cm³/mol. The summed E-state index contributed by atoms with van der Waals surface area (Å²) in [6, 6.07) is 4.27. The molecule has 0 bridgehead atoms. The fraction of sp³-hybridized carbons (Fsp3) is 0.500. The molecular weight excluding hydrogens is 471 g/mol. The standard InChI is InChI=1S/C24H27F5N4O2/c1-13(2)33-12-31-20-7-17(6-18(21(20)33)24(27,28)29)35-11-16-9-23(34,8-14(3)32-16)15-4-5-19(22(25)26)30-10-15/h4-7,10,12-14,16,22,32,34H,8-9,11H2,1-3H3. The summed E-state index contributed by atoms with van der Waals surface area (Å²) in [5.41, 5.74) is -1.98. The summed E-state index contributed by atoms with van der Waals surface area (Å²) in [4.78, 5) is 7.87. The average molecular weight is 498 g/mol. The Balaban J connectivity index is 1.55. The fourth-order valence-electron chi connectivity index (χ4n) is 4.70. The van der Waals surface area contributed by atoms with Crippen molar-refractivity contribution in [1.82, 2.24) is 19.9 Å². The number of nitrogens with zero attached hydrogens (tertiary/aromatic N) is 3. The molecule has 1 saturated heterocycles. The van der Waals surface area contributed by atoms with Crippen molar-refractivity contribution in [2.75, 3.05) is 6.61 Å². The maximum Gasteiger partial charge on any atom is 0.418 e. The maximum atomic E-state index is 13.8. The fourth-order valence-corrected chi connectivity index (χ4v) is 4.70. The Labute approximate surface area is 199 Å². The second kappa shape index (κ2) is 9.34. The highest BCUT2D eigenvalue weighted by atomic mass is 19.4. The van der Waals surface area contributed by atoms with Crippen molar-refractivity contribution < 1.29 is 31.8 Å². The van der Waals surface area contributed by atoms with E-state index >= 15 is 0 Å². The van der Waals surface area contributed by atoms with Crippen molar-refractivity contribution in [1.29, 1.82) is 0 Å². The molecule has 1 aliphatic heterocycles. The van der Waals surface area contributed by atoms with Crippen LogP contribution in [-0.4, -0.2) is 38.3 Å². The molecule has 1 fully saturated rings. The number of fused-ring (bicyclic) bond motifs is 1. The minimum Gasteiger partial charge on any atom is -0.492 e. The van der Waals surface area contributed by atoms with Crippen molar-refractivity contribution in [3.63, 3.8) is 0 Å². The number of imidazole rings is 1. The van der Waals surface area contributed by atoms with Gasteiger partial charge < -0.3 is 19.7 Å². The highest BCUT2D eigenvalue weighted by Gasteiger charge is 2.40. The molecular formula is C24H27F5N4O2. The first-order chi connectivity index (χ1) is 16.4. The second-order valence-electron chi connectivity index (χ2n) is 9.37. The summed E-state index contributed by atoms with van der Waals surface area (Å²) in [7, 11) is 0. The number of hydrogen-bond donors (Lipinski definition) is 2. The van der Waals surface area contributed by atoms with Crippen LogP contribution in [0.25, 0.3) is 11.0 Å². The molecule has 0 amide bonds. The zero-order chi connectivity index (χ0) is 25.5. The third-order valence-electron chi connectivity index (χ3n) is 6.25. The Morgan fingerprint density at radius 1 is 1.20 bits per heavy atom. The van der Waals surface area contributed by atoms with Gasteiger partial charge in [0, 0.05) is 36.0 Å². The molecule has 3 atom stereocenters. The minimum atomic E-state index is -4.60. The molecule has 3 aromatic rings. The van der Waals surface area contributed by atoms with Gasteiger partial charge in [-0.1, -0.05) is 6.07 Å². The largest absolute Gasteiger partial charge is 0.492 e. The highest BCUT2D eigenvalue weighted by molar-refractivity contribution is 5.81. The first-order valence-electron chi connectivity index (χ1n) is 11.3. The van der Waals surface area contributed by atoms with Gasteiger partial charge in [0.25, 0.3) is 6.43 Å². The van der Waals surface area contributed by atoms with E-state index in [4.69, 9.17) is 4.74 Å². The molecule has 3 heterocycles. The summed E-state index contributed by atoms with van der Waals surface area (Å²) < 4.78 is 74.4. The summed E-state index contributed by atoms with van der Waals surface area (Å²) >= 11 is 0. The normalized spacial score (nSPS) is 23.4. The third kappa shape index (κ3) is 5.25. The Morgan fingerprint density at radius 2 is 1.94 bits per heavy atom. The van der Waals surface area contributed by atoms with E-state index in [9.17, 15) is 27.1 Å². The van der Waals surface area contributed by atoms with E-state index in [1.165, 1.54) is 35.3 Å². The Hall–Kier alpha value is -2.79. The molecule has 0 radical (unpaired) electrons. The molecule has 6 nitrogen and oxygen atoms in total. The summed E-state index contributed by atoms with van der Waals surface area (Å²) in [5.74, 6) is 0.0188. The van der Waals surface area contributed by atoms with Crippen LogP contribution in [0.3, 0.4) is 0 Å². The van der Waals surface area contributed by atoms with E-state index in [0.29, 0.717) is 12.0 Å². The lowest BCUT2D eigenvalue weighted by Gasteiger charge is -2.41. The van der Waals surface area contributed by atoms with Crippen molar-refractivity contribution >= 4 is 11.0 Å². The summed E-state index contributed by atoms with van der Waals surface area (Å²) in [6.07, 6.45) is -4.20. The number of pyridine rings is 1. The van der Waals surface area contributed by atoms with Crippen LogP contribution in [0, 0.1) is 0 Å². The van der Waals surface area contributed by atoms with Crippen LogP contribution in [0.1, 0.15) is 62.9 Å². The van der Waals surface area contributed by atoms with Crippen molar-refractivity contribution in [2.45, 2.75) is 69.9 Å². The van der Waals surface area contributed by atoms with Gasteiger partial charge in [-0.15, -0.1) is 0 Å². The molecule has 35 heavy (non-hydrogen) atoms. The van der Waals surface area contributed by atoms with E-state index in [-0.39, 0.29) is 47.6 Å². The predicted octanol–water partition coefficient (Wildman–Crippen LogP) is 5.38. The number of aliphatic hydroxyl groups is 1. The van der Waals surface area contributed by atoms with Crippen LogP contribution in [0.2, 0.25) is 0 Å². The number of aromatic nitrogens is 3. The zero-order valence-electron chi connectivity index (χ0n) is 19.5. The third-order valence-corrected chi connectivity index (χ3v) is 6.25. The van der Waals surface area contributed by atoms with Crippen LogP contribution in [0.4, 0.5) is 22.0 Å². The van der Waals surface area contributed by atoms with Crippen molar-refractivity contribution in [2.24, 2.45) is 0 Å². The lowest BCUT2D eigenvalue weighted by molar-refractivity contribution is -0.136. The number of piperidine rings is 1. The topological polar surface area (TPSA) is 72.2 Å². The number of rotatable bonds is 6. The number of nitrogens with one attached hydrogen (secondary N) is 1. The van der Waals surface area contributed by atoms with Gasteiger partial charge in [0.05, 0.1) is 28.5 Å². The smallest absolute Gasteiger partial charge is 0.418 e. The molecule has 0 saturated carbocycles. The first kappa shape index (κ1) is 25.3. The van der Waals surface area contributed by atoms with Gasteiger partial charge in [-0.05, 0) is 45.7 Å². The Kier molecular flexibility index (Phi) is 6.76. The van der Waals surface area contributed by atoms with Gasteiger partial charge in [0.1, 0.15) is 18.1 Å².